The van der Waals surface area contributed by atoms with Gasteiger partial charge in [-0.2, -0.15) is 0 Å². The molecule has 1 aromatic rings. The summed E-state index contributed by atoms with van der Waals surface area (Å²) in [5.74, 6) is -0.746. The zero-order valence-corrected chi connectivity index (χ0v) is 14.0. The van der Waals surface area contributed by atoms with Crippen LogP contribution in [-0.2, 0) is 25.1 Å². The van der Waals surface area contributed by atoms with E-state index in [2.05, 4.69) is 5.32 Å². The van der Waals surface area contributed by atoms with Gasteiger partial charge in [0.15, 0.2) is 9.84 Å². The lowest BCUT2D eigenvalue weighted by Crippen LogP contribution is -2.41. The van der Waals surface area contributed by atoms with Crippen LogP contribution in [0.15, 0.2) is 24.3 Å². The van der Waals surface area contributed by atoms with E-state index in [4.69, 9.17) is 16.3 Å². The number of carbonyl (C=O) groups is 1. The van der Waals surface area contributed by atoms with Crippen LogP contribution in [0.2, 0.25) is 5.02 Å². The molecule has 0 bridgehead atoms. The smallest absolute Gasteiger partial charge is 0.238 e. The summed E-state index contributed by atoms with van der Waals surface area (Å²) < 4.78 is 30.1. The van der Waals surface area contributed by atoms with Crippen molar-refractivity contribution in [2.24, 2.45) is 0 Å². The fourth-order valence-electron chi connectivity index (χ4n) is 2.28. The minimum absolute atomic E-state index is 0.0116. The van der Waals surface area contributed by atoms with E-state index in [1.807, 2.05) is 0 Å². The highest BCUT2D eigenvalue weighted by Crippen LogP contribution is 2.20. The molecule has 0 aliphatic carbocycles. The molecular weight excluding hydrogens is 326 g/mol. The Kier molecular flexibility index (Phi) is 5.83. The lowest BCUT2D eigenvalue weighted by Gasteiger charge is -2.16. The fourth-order valence-corrected chi connectivity index (χ4v) is 3.91. The second-order valence-corrected chi connectivity index (χ2v) is 8.15. The van der Waals surface area contributed by atoms with E-state index in [1.54, 1.807) is 24.3 Å². The average Bonchev–Trinajstić information content (AvgIpc) is 2.99. The molecule has 2 atom stereocenters. The number of halogens is 1. The van der Waals surface area contributed by atoms with Crippen LogP contribution in [0.4, 0.5) is 0 Å². The van der Waals surface area contributed by atoms with Crippen molar-refractivity contribution in [2.45, 2.75) is 36.9 Å². The minimum Gasteiger partial charge on any atom is -0.376 e. The highest BCUT2D eigenvalue weighted by atomic mass is 35.5. The normalized spacial score (nSPS) is 19.8. The van der Waals surface area contributed by atoms with Crippen molar-refractivity contribution in [3.63, 3.8) is 0 Å². The summed E-state index contributed by atoms with van der Waals surface area (Å²) in [6.07, 6.45) is 1.85. The summed E-state index contributed by atoms with van der Waals surface area (Å²) >= 11 is 5.98. The average molecular weight is 346 g/mol. The van der Waals surface area contributed by atoms with Gasteiger partial charge in [-0.3, -0.25) is 4.79 Å². The number of amides is 1. The van der Waals surface area contributed by atoms with Gasteiger partial charge in [0.25, 0.3) is 0 Å². The van der Waals surface area contributed by atoms with Gasteiger partial charge in [0.05, 0.1) is 11.9 Å². The van der Waals surface area contributed by atoms with Crippen molar-refractivity contribution in [3.8, 4) is 0 Å². The van der Waals surface area contributed by atoms with E-state index in [0.717, 1.165) is 12.8 Å². The van der Waals surface area contributed by atoms with Crippen molar-refractivity contribution in [2.75, 3.05) is 13.2 Å². The molecule has 0 radical (unpaired) electrons. The van der Waals surface area contributed by atoms with E-state index in [9.17, 15) is 13.2 Å². The Balaban J connectivity index is 1.95. The second kappa shape index (κ2) is 7.44. The Labute approximate surface area is 135 Å². The van der Waals surface area contributed by atoms with E-state index < -0.39 is 21.0 Å². The molecule has 1 saturated heterocycles. The van der Waals surface area contributed by atoms with Gasteiger partial charge >= 0.3 is 0 Å². The van der Waals surface area contributed by atoms with Gasteiger partial charge in [0.2, 0.25) is 5.91 Å². The summed E-state index contributed by atoms with van der Waals surface area (Å²) in [7, 11) is -3.62. The molecule has 122 valence electrons. The Bertz CT molecular complexity index is 626. The van der Waals surface area contributed by atoms with E-state index in [1.165, 1.54) is 6.92 Å². The van der Waals surface area contributed by atoms with E-state index >= 15 is 0 Å². The van der Waals surface area contributed by atoms with Crippen molar-refractivity contribution in [1.82, 2.24) is 5.32 Å². The molecule has 7 heteroatoms. The van der Waals surface area contributed by atoms with E-state index in [0.29, 0.717) is 23.7 Å². The summed E-state index contributed by atoms with van der Waals surface area (Å²) in [5.41, 5.74) is 0.503. The lowest BCUT2D eigenvalue weighted by atomic mass is 10.2. The van der Waals surface area contributed by atoms with Crippen LogP contribution in [0.5, 0.6) is 0 Å². The largest absolute Gasteiger partial charge is 0.376 e. The van der Waals surface area contributed by atoms with Crippen molar-refractivity contribution in [3.05, 3.63) is 34.9 Å². The molecule has 2 rings (SSSR count). The number of rotatable bonds is 6. The first-order valence-electron chi connectivity index (χ1n) is 7.24. The van der Waals surface area contributed by atoms with Crippen LogP contribution < -0.4 is 5.32 Å². The minimum atomic E-state index is -3.62. The predicted molar refractivity (Wildman–Crippen MR) is 85.5 cm³/mol. The molecular formula is C15H20ClNO4S. The SMILES string of the molecule is C[C@@H](C(=O)NC[C@@H]1CCCO1)S(=O)(=O)Cc1ccccc1Cl. The predicted octanol–water partition coefficient (Wildman–Crippen LogP) is 1.94. The molecule has 0 aromatic heterocycles. The molecule has 0 unspecified atom stereocenters. The van der Waals surface area contributed by atoms with Gasteiger partial charge in [0, 0.05) is 18.2 Å². The van der Waals surface area contributed by atoms with Gasteiger partial charge in [0.1, 0.15) is 5.25 Å². The zero-order valence-electron chi connectivity index (χ0n) is 12.4. The number of hydrogen-bond acceptors (Lipinski definition) is 4. The van der Waals surface area contributed by atoms with Crippen LogP contribution in [0, 0.1) is 0 Å². The molecule has 0 saturated carbocycles. The topological polar surface area (TPSA) is 72.5 Å². The van der Waals surface area contributed by atoms with Crippen molar-refractivity contribution >= 4 is 27.3 Å². The summed E-state index contributed by atoms with van der Waals surface area (Å²) in [6.45, 7) is 2.45. The van der Waals surface area contributed by atoms with Gasteiger partial charge in [-0.15, -0.1) is 0 Å². The third-order valence-electron chi connectivity index (χ3n) is 3.75. The van der Waals surface area contributed by atoms with Crippen LogP contribution in [0.1, 0.15) is 25.3 Å². The number of nitrogens with one attached hydrogen (secondary N) is 1. The Hall–Kier alpha value is -1.11. The Morgan fingerprint density at radius 2 is 2.18 bits per heavy atom. The highest BCUT2D eigenvalue weighted by Gasteiger charge is 2.29. The number of hydrogen-bond donors (Lipinski definition) is 1. The van der Waals surface area contributed by atoms with Gasteiger partial charge < -0.3 is 10.1 Å². The first-order chi connectivity index (χ1) is 10.4. The molecule has 1 aromatic carbocycles. The molecule has 1 heterocycles. The zero-order chi connectivity index (χ0) is 16.2. The number of benzene rings is 1. The first-order valence-corrected chi connectivity index (χ1v) is 9.34. The highest BCUT2D eigenvalue weighted by molar-refractivity contribution is 7.92. The fraction of sp³-hybridized carbons (Fsp3) is 0.533. The number of sulfone groups is 1. The molecule has 0 spiro atoms. The van der Waals surface area contributed by atoms with Crippen LogP contribution >= 0.6 is 11.6 Å². The third-order valence-corrected chi connectivity index (χ3v) is 6.12. The summed E-state index contributed by atoms with van der Waals surface area (Å²) in [4.78, 5) is 12.0. The molecule has 22 heavy (non-hydrogen) atoms. The maximum Gasteiger partial charge on any atom is 0.238 e. The lowest BCUT2D eigenvalue weighted by molar-refractivity contribution is -0.120. The van der Waals surface area contributed by atoms with Gasteiger partial charge in [-0.05, 0) is 31.4 Å². The Morgan fingerprint density at radius 1 is 1.45 bits per heavy atom. The third kappa shape index (κ3) is 4.44. The molecule has 1 aliphatic rings. The molecule has 5 nitrogen and oxygen atoms in total. The van der Waals surface area contributed by atoms with Crippen LogP contribution in [0.25, 0.3) is 0 Å². The van der Waals surface area contributed by atoms with Crippen LogP contribution in [0.3, 0.4) is 0 Å². The molecule has 1 aliphatic heterocycles. The monoisotopic (exact) mass is 345 g/mol. The standard InChI is InChI=1S/C15H20ClNO4S/c1-11(15(18)17-9-13-6-4-8-21-13)22(19,20)10-12-5-2-3-7-14(12)16/h2-3,5,7,11,13H,4,6,8-10H2,1H3,(H,17,18)/t11-,13-/m0/s1. The number of carbonyl (C=O) groups excluding carboxylic acids is 1. The maximum atomic E-state index is 12.3. The summed E-state index contributed by atoms with van der Waals surface area (Å²) in [6, 6.07) is 6.74. The maximum absolute atomic E-state index is 12.3. The Morgan fingerprint density at radius 3 is 2.82 bits per heavy atom. The van der Waals surface area contributed by atoms with Crippen LogP contribution in [-0.4, -0.2) is 38.8 Å². The van der Waals surface area contributed by atoms with Gasteiger partial charge in [-0.25, -0.2) is 8.42 Å². The van der Waals surface area contributed by atoms with Crippen molar-refractivity contribution in [1.29, 1.82) is 0 Å². The second-order valence-electron chi connectivity index (χ2n) is 5.42. The number of ether oxygens (including phenoxy) is 1. The first kappa shape index (κ1) is 17.2. The van der Waals surface area contributed by atoms with Crippen molar-refractivity contribution < 1.29 is 17.9 Å². The molecule has 1 fully saturated rings. The molecule has 1 amide bonds. The van der Waals surface area contributed by atoms with E-state index in [-0.39, 0.29) is 11.9 Å². The molecule has 1 N–H and O–H groups in total. The summed E-state index contributed by atoms with van der Waals surface area (Å²) in [5, 5.41) is 1.92. The van der Waals surface area contributed by atoms with Gasteiger partial charge in [-0.1, -0.05) is 29.8 Å². The quantitative estimate of drug-likeness (QED) is 0.855.